The van der Waals surface area contributed by atoms with E-state index < -0.39 is 0 Å². The van der Waals surface area contributed by atoms with Crippen molar-refractivity contribution in [2.45, 2.75) is 38.8 Å². The van der Waals surface area contributed by atoms with Crippen LogP contribution in [-0.4, -0.2) is 50.9 Å². The molecule has 0 radical (unpaired) electrons. The summed E-state index contributed by atoms with van der Waals surface area (Å²) >= 11 is 5.59. The molecule has 1 atom stereocenters. The van der Waals surface area contributed by atoms with Gasteiger partial charge in [0.25, 0.3) is 5.91 Å². The molecule has 0 unspecified atom stereocenters. The van der Waals surface area contributed by atoms with Gasteiger partial charge in [0.1, 0.15) is 12.2 Å². The Bertz CT molecular complexity index is 1300. The summed E-state index contributed by atoms with van der Waals surface area (Å²) in [6.07, 6.45) is 7.15. The number of fused-ring (bicyclic) bond motifs is 1. The Morgan fingerprint density at radius 1 is 1.09 bits per heavy atom. The van der Waals surface area contributed by atoms with Gasteiger partial charge in [0.2, 0.25) is 5.91 Å². The fourth-order valence-corrected chi connectivity index (χ4v) is 5.22. The molecule has 3 heterocycles. The predicted octanol–water partition coefficient (Wildman–Crippen LogP) is 4.65. The fourth-order valence-electron chi connectivity index (χ4n) is 4.93. The van der Waals surface area contributed by atoms with Crippen molar-refractivity contribution in [2.24, 2.45) is 0 Å². The number of benzene rings is 2. The Hall–Kier alpha value is -3.45. The standard InChI is InChI=1S/C27H28N4O2S/c1-19-10-8-9-15-30(19)25(32)18-29-17-20(22-13-6-7-14-23(22)29)16-24-26(33)31(27(34)28(24)2)21-11-4-3-5-12-21/h3-7,11-14,16-17,19H,8-10,15,18H2,1-2H3/b24-16-/t19-/m0/s1. The Morgan fingerprint density at radius 2 is 1.82 bits per heavy atom. The van der Waals surface area contributed by atoms with Crippen LogP contribution in [0.1, 0.15) is 31.7 Å². The number of aromatic nitrogens is 1. The highest BCUT2D eigenvalue weighted by molar-refractivity contribution is 7.80. The summed E-state index contributed by atoms with van der Waals surface area (Å²) < 4.78 is 2.00. The zero-order valence-electron chi connectivity index (χ0n) is 19.5. The largest absolute Gasteiger partial charge is 0.338 e. The Morgan fingerprint density at radius 3 is 2.59 bits per heavy atom. The molecular weight excluding hydrogens is 444 g/mol. The number of para-hydroxylation sites is 2. The second-order valence-corrected chi connectivity index (χ2v) is 9.37. The number of anilines is 1. The van der Waals surface area contributed by atoms with Gasteiger partial charge in [-0.3, -0.25) is 14.5 Å². The third kappa shape index (κ3) is 3.90. The lowest BCUT2D eigenvalue weighted by Crippen LogP contribution is -2.43. The second kappa shape index (κ2) is 9.06. The summed E-state index contributed by atoms with van der Waals surface area (Å²) in [6.45, 7) is 3.23. The monoisotopic (exact) mass is 472 g/mol. The summed E-state index contributed by atoms with van der Waals surface area (Å²) in [5, 5.41) is 1.44. The minimum Gasteiger partial charge on any atom is -0.338 e. The van der Waals surface area contributed by atoms with E-state index in [1.807, 2.05) is 83.4 Å². The molecule has 0 bridgehead atoms. The lowest BCUT2D eigenvalue weighted by atomic mass is 10.0. The fraction of sp³-hybridized carbons (Fsp3) is 0.296. The highest BCUT2D eigenvalue weighted by Crippen LogP contribution is 2.30. The molecule has 2 saturated heterocycles. The lowest BCUT2D eigenvalue weighted by Gasteiger charge is -2.33. The summed E-state index contributed by atoms with van der Waals surface area (Å²) in [4.78, 5) is 31.8. The number of likely N-dealkylation sites (N-methyl/N-ethyl adjacent to an activating group) is 1. The molecule has 0 aliphatic carbocycles. The number of likely N-dealkylation sites (tertiary alicyclic amines) is 1. The smallest absolute Gasteiger partial charge is 0.281 e. The van der Waals surface area contributed by atoms with Crippen molar-refractivity contribution in [2.75, 3.05) is 18.5 Å². The zero-order valence-corrected chi connectivity index (χ0v) is 20.3. The molecule has 2 fully saturated rings. The van der Waals surface area contributed by atoms with Gasteiger partial charge in [-0.2, -0.15) is 0 Å². The van der Waals surface area contributed by atoms with Gasteiger partial charge in [-0.1, -0.05) is 36.4 Å². The van der Waals surface area contributed by atoms with Crippen LogP contribution in [0.15, 0.2) is 66.5 Å². The molecule has 2 aliphatic heterocycles. The topological polar surface area (TPSA) is 48.8 Å². The number of nitrogens with zero attached hydrogens (tertiary/aromatic N) is 4. The van der Waals surface area contributed by atoms with E-state index in [0.29, 0.717) is 10.8 Å². The number of piperidine rings is 1. The molecule has 2 aromatic carbocycles. The number of hydrogen-bond acceptors (Lipinski definition) is 3. The molecule has 34 heavy (non-hydrogen) atoms. The van der Waals surface area contributed by atoms with Gasteiger partial charge in [0.05, 0.1) is 5.69 Å². The van der Waals surface area contributed by atoms with Crippen LogP contribution in [0.25, 0.3) is 17.0 Å². The maximum Gasteiger partial charge on any atom is 0.281 e. The third-order valence-corrected chi connectivity index (χ3v) is 7.27. The number of carbonyl (C=O) groups is 2. The van der Waals surface area contributed by atoms with Gasteiger partial charge < -0.3 is 14.4 Å². The van der Waals surface area contributed by atoms with Crippen molar-refractivity contribution in [3.05, 3.63) is 72.1 Å². The molecule has 0 saturated carbocycles. The van der Waals surface area contributed by atoms with Crippen LogP contribution in [0, 0.1) is 0 Å². The summed E-state index contributed by atoms with van der Waals surface area (Å²) in [5.41, 5.74) is 3.12. The molecule has 7 heteroatoms. The first-order valence-electron chi connectivity index (χ1n) is 11.7. The number of carbonyl (C=O) groups excluding carboxylic acids is 2. The van der Waals surface area contributed by atoms with Gasteiger partial charge in [-0.05, 0) is 62.7 Å². The third-order valence-electron chi connectivity index (χ3n) is 6.82. The molecule has 5 rings (SSSR count). The average Bonchev–Trinajstić information content (AvgIpc) is 3.29. The van der Waals surface area contributed by atoms with Crippen molar-refractivity contribution in [3.8, 4) is 0 Å². The van der Waals surface area contributed by atoms with E-state index in [4.69, 9.17) is 12.2 Å². The molecule has 2 aliphatic rings. The van der Waals surface area contributed by atoms with Crippen molar-refractivity contribution in [3.63, 3.8) is 0 Å². The van der Waals surface area contributed by atoms with Crippen molar-refractivity contribution in [1.29, 1.82) is 0 Å². The maximum absolute atomic E-state index is 13.4. The summed E-state index contributed by atoms with van der Waals surface area (Å²) in [7, 11) is 1.81. The van der Waals surface area contributed by atoms with Crippen molar-refractivity contribution < 1.29 is 9.59 Å². The lowest BCUT2D eigenvalue weighted by molar-refractivity contribution is -0.135. The van der Waals surface area contributed by atoms with Gasteiger partial charge in [0, 0.05) is 42.3 Å². The minimum atomic E-state index is -0.159. The molecule has 6 nitrogen and oxygen atoms in total. The molecule has 0 spiro atoms. The highest BCUT2D eigenvalue weighted by atomic mass is 32.1. The first-order chi connectivity index (χ1) is 16.5. The SMILES string of the molecule is C[C@H]1CCCCN1C(=O)Cn1cc(/C=C2/C(=O)N(c3ccccc3)C(=S)N2C)c2ccccc21. The van der Waals surface area contributed by atoms with Crippen LogP contribution in [0.4, 0.5) is 5.69 Å². The van der Waals surface area contributed by atoms with Crippen LogP contribution in [-0.2, 0) is 16.1 Å². The number of hydrogen-bond donors (Lipinski definition) is 0. The Labute approximate surface area is 205 Å². The molecule has 0 N–H and O–H groups in total. The number of amides is 2. The summed E-state index contributed by atoms with van der Waals surface area (Å²) in [5.74, 6) is -0.0219. The average molecular weight is 473 g/mol. The summed E-state index contributed by atoms with van der Waals surface area (Å²) in [6, 6.07) is 17.7. The van der Waals surface area contributed by atoms with Gasteiger partial charge >= 0.3 is 0 Å². The molecular formula is C27H28N4O2S. The van der Waals surface area contributed by atoms with E-state index >= 15 is 0 Å². The van der Waals surface area contributed by atoms with E-state index in [1.165, 1.54) is 6.42 Å². The second-order valence-electron chi connectivity index (χ2n) is 9.01. The number of rotatable bonds is 4. The predicted molar refractivity (Wildman–Crippen MR) is 139 cm³/mol. The Kier molecular flexibility index (Phi) is 5.96. The van der Waals surface area contributed by atoms with E-state index in [0.717, 1.165) is 41.5 Å². The normalized spacial score (nSPS) is 20.1. The van der Waals surface area contributed by atoms with E-state index in [2.05, 4.69) is 6.92 Å². The number of thiocarbonyl (C=S) groups is 1. The van der Waals surface area contributed by atoms with Crippen LogP contribution >= 0.6 is 12.2 Å². The quantitative estimate of drug-likeness (QED) is 0.410. The van der Waals surface area contributed by atoms with Gasteiger partial charge in [-0.15, -0.1) is 0 Å². The zero-order chi connectivity index (χ0) is 23.8. The van der Waals surface area contributed by atoms with Crippen molar-refractivity contribution in [1.82, 2.24) is 14.4 Å². The van der Waals surface area contributed by atoms with Gasteiger partial charge in [-0.25, -0.2) is 0 Å². The Balaban J connectivity index is 1.49. The molecule has 1 aromatic heterocycles. The first-order valence-corrected chi connectivity index (χ1v) is 12.1. The maximum atomic E-state index is 13.4. The van der Waals surface area contributed by atoms with Crippen LogP contribution in [0.3, 0.4) is 0 Å². The highest BCUT2D eigenvalue weighted by Gasteiger charge is 2.37. The molecule has 3 aromatic rings. The van der Waals surface area contributed by atoms with Crippen molar-refractivity contribution >= 4 is 51.8 Å². The van der Waals surface area contributed by atoms with Gasteiger partial charge in [0.15, 0.2) is 5.11 Å². The first kappa shape index (κ1) is 22.3. The van der Waals surface area contributed by atoms with E-state index in [9.17, 15) is 9.59 Å². The van der Waals surface area contributed by atoms with Crippen LogP contribution in [0.5, 0.6) is 0 Å². The molecule has 2 amide bonds. The van der Waals surface area contributed by atoms with E-state index in [-0.39, 0.29) is 24.4 Å². The van der Waals surface area contributed by atoms with Crippen LogP contribution in [0.2, 0.25) is 0 Å². The van der Waals surface area contributed by atoms with E-state index in [1.54, 1.807) is 9.80 Å². The molecule has 174 valence electrons. The van der Waals surface area contributed by atoms with Crippen LogP contribution < -0.4 is 4.90 Å². The minimum absolute atomic E-state index is 0.137.